The van der Waals surface area contributed by atoms with Gasteiger partial charge in [-0.15, -0.1) is 0 Å². The third-order valence-corrected chi connectivity index (χ3v) is 24.9. The molecule has 0 fully saturated rings. The Morgan fingerprint density at radius 1 is 0.209 bits per heavy atom. The number of anilines is 3. The molecule has 12 aromatic carbocycles. The van der Waals surface area contributed by atoms with E-state index < -0.39 is 0 Å². The summed E-state index contributed by atoms with van der Waals surface area (Å²) in [6.07, 6.45) is 9.75. The second-order valence-electron chi connectivity index (χ2n) is 30.9. The Morgan fingerprint density at radius 3 is 0.736 bits per heavy atom. The van der Waals surface area contributed by atoms with Crippen molar-refractivity contribution in [2.75, 3.05) is 34.3 Å². The summed E-state index contributed by atoms with van der Waals surface area (Å²) in [6, 6.07) is 96.6. The molecule has 6 aliphatic rings. The zero-order valence-corrected chi connectivity index (χ0v) is 85.5. The average molecular weight is 1740 g/mol. The van der Waals surface area contributed by atoms with Crippen molar-refractivity contribution in [2.24, 2.45) is 0 Å². The SMILES string of the molecule is C.C.C.CC.CC.CC.CC.CC.CC.CC.CC.CC.CCN1c2ccccc2[C@@H](C)[C@H]1C.CCN1c2ccccc2[C@@H](C)[C@H]1C.CCN1c2ccccc2[C@@H](C)[C@H]1C.CCc1cc(CC)cc(-c2ccc3c(c2)Cc2ccccc2-3)c1.CCc1cc(CC)cc(-c2ccc3c(c2)Cc2ccccc2-3)c1.CCc1cc(CC)cc(-c2cccc3c2-c2ccccc2C3)c1. The highest BCUT2D eigenvalue weighted by molar-refractivity contribution is 5.91. The number of rotatable bonds is 12. The van der Waals surface area contributed by atoms with E-state index in [2.05, 4.69) is 373 Å². The fraction of sp³-hybridized carbons (Fsp3) is 0.429. The van der Waals surface area contributed by atoms with Crippen molar-refractivity contribution in [1.29, 1.82) is 0 Å². The molecule has 0 radical (unpaired) electrons. The number of hydrogen-bond donors (Lipinski definition) is 0. The Morgan fingerprint density at radius 2 is 0.442 bits per heavy atom. The monoisotopic (exact) mass is 1740 g/mol. The van der Waals surface area contributed by atoms with Crippen LogP contribution in [-0.2, 0) is 57.8 Å². The predicted octanol–water partition coefficient (Wildman–Crippen LogP) is 38.3. The molecule has 3 nitrogen and oxygen atoms in total. The van der Waals surface area contributed by atoms with E-state index in [9.17, 15) is 0 Å². The molecule has 3 aliphatic heterocycles. The van der Waals surface area contributed by atoms with Crippen LogP contribution in [-0.4, -0.2) is 37.8 Å². The summed E-state index contributed by atoms with van der Waals surface area (Å²) in [5.74, 6) is 2.03. The highest BCUT2D eigenvalue weighted by Crippen LogP contribution is 2.47. The van der Waals surface area contributed by atoms with Crippen molar-refractivity contribution in [3.8, 4) is 66.8 Å². The maximum absolute atomic E-state index is 2.49. The van der Waals surface area contributed by atoms with Gasteiger partial charge in [-0.05, 0) is 268 Å². The third-order valence-electron chi connectivity index (χ3n) is 24.9. The van der Waals surface area contributed by atoms with Gasteiger partial charge in [0.25, 0.3) is 0 Å². The first kappa shape index (κ1) is 117. The zero-order chi connectivity index (χ0) is 93.7. The van der Waals surface area contributed by atoms with Crippen molar-refractivity contribution in [3.05, 3.63) is 338 Å². The molecule has 702 valence electrons. The van der Waals surface area contributed by atoms with Crippen LogP contribution in [0.4, 0.5) is 17.1 Å². The minimum atomic E-state index is 0. The van der Waals surface area contributed by atoms with Crippen LogP contribution < -0.4 is 14.7 Å². The van der Waals surface area contributed by atoms with E-state index in [1.807, 2.05) is 125 Å². The molecule has 3 heterocycles. The summed E-state index contributed by atoms with van der Waals surface area (Å²) in [5, 5.41) is 0. The average Bonchev–Trinajstić information content (AvgIpc) is 1.70. The summed E-state index contributed by atoms with van der Waals surface area (Å²) in [5.41, 5.74) is 42.9. The van der Waals surface area contributed by atoms with E-state index in [-0.39, 0.29) is 22.3 Å². The van der Waals surface area contributed by atoms with Gasteiger partial charge in [0.05, 0.1) is 0 Å². The van der Waals surface area contributed by atoms with Crippen LogP contribution in [0.25, 0.3) is 66.8 Å². The Kier molecular flexibility index (Phi) is 56.6. The Labute approximate surface area is 795 Å². The van der Waals surface area contributed by atoms with Gasteiger partial charge in [0, 0.05) is 72.6 Å². The van der Waals surface area contributed by atoms with Gasteiger partial charge in [-0.25, -0.2) is 0 Å². The number of fused-ring (bicyclic) bond motifs is 12. The van der Waals surface area contributed by atoms with Crippen molar-refractivity contribution in [3.63, 3.8) is 0 Å². The van der Waals surface area contributed by atoms with E-state index in [1.165, 1.54) is 167 Å². The van der Waals surface area contributed by atoms with E-state index >= 15 is 0 Å². The van der Waals surface area contributed by atoms with Crippen LogP contribution in [0, 0.1) is 0 Å². The van der Waals surface area contributed by atoms with E-state index in [0.717, 1.165) is 77.4 Å². The molecular formula is C126H183N3. The molecule has 18 rings (SSSR count). The Bertz CT molecular complexity index is 4740. The predicted molar refractivity (Wildman–Crippen MR) is 591 cm³/mol. The van der Waals surface area contributed by atoms with Gasteiger partial charge >= 0.3 is 0 Å². The molecule has 0 spiro atoms. The van der Waals surface area contributed by atoms with Crippen LogP contribution in [0.15, 0.2) is 255 Å². The van der Waals surface area contributed by atoms with Gasteiger partial charge in [-0.3, -0.25) is 0 Å². The molecule has 0 aromatic heterocycles. The lowest BCUT2D eigenvalue weighted by Crippen LogP contribution is -2.30. The fourth-order valence-corrected chi connectivity index (χ4v) is 18.1. The summed E-state index contributed by atoms with van der Waals surface area (Å²) < 4.78 is 0. The normalized spacial score (nSPS) is 14.8. The fourth-order valence-electron chi connectivity index (χ4n) is 18.1. The lowest BCUT2D eigenvalue weighted by Gasteiger charge is -2.24. The number of nitrogens with zero attached hydrogens (tertiary/aromatic N) is 3. The first-order chi connectivity index (χ1) is 61.6. The summed E-state index contributed by atoms with van der Waals surface area (Å²) >= 11 is 0. The number of para-hydroxylation sites is 3. The maximum Gasteiger partial charge on any atom is 0.0404 e. The lowest BCUT2D eigenvalue weighted by atomic mass is 9.91. The molecule has 0 saturated carbocycles. The summed E-state index contributed by atoms with van der Waals surface area (Å²) in [6.45, 7) is 73.3. The molecular weight excluding hydrogens is 1560 g/mol. The first-order valence-corrected chi connectivity index (χ1v) is 50.2. The molecule has 0 unspecified atom stereocenters. The van der Waals surface area contributed by atoms with Crippen LogP contribution >= 0.6 is 0 Å². The Hall–Kier alpha value is -9.96. The number of hydrogen-bond acceptors (Lipinski definition) is 3. The van der Waals surface area contributed by atoms with Gasteiger partial charge in [0.2, 0.25) is 0 Å². The van der Waals surface area contributed by atoms with Crippen molar-refractivity contribution in [1.82, 2.24) is 0 Å². The summed E-state index contributed by atoms with van der Waals surface area (Å²) in [7, 11) is 0. The molecule has 6 atom stereocenters. The second-order valence-corrected chi connectivity index (χ2v) is 30.9. The van der Waals surface area contributed by atoms with E-state index in [0.29, 0.717) is 35.9 Å². The molecule has 0 amide bonds. The highest BCUT2D eigenvalue weighted by Gasteiger charge is 2.34. The molecule has 129 heavy (non-hydrogen) atoms. The first-order valence-electron chi connectivity index (χ1n) is 50.2. The molecule has 0 N–H and O–H groups in total. The third kappa shape index (κ3) is 29.0. The quantitative estimate of drug-likeness (QED) is 0.121. The van der Waals surface area contributed by atoms with Crippen molar-refractivity contribution >= 4 is 17.1 Å². The van der Waals surface area contributed by atoms with E-state index in [1.54, 1.807) is 0 Å². The van der Waals surface area contributed by atoms with Gasteiger partial charge in [-0.1, -0.05) is 446 Å². The molecule has 0 bridgehead atoms. The standard InChI is InChI=1S/3C23H22.3C12H17N.9C2H6.3CH4/c1-3-16-12-17(4-2)14-20(13-16)22-11-7-9-19-15-18-8-5-6-10-21(18)23(19)22;2*1-3-16-11-17(4-2)13-20(12-16)18-9-10-23-21(14-18)15-19-7-5-6-8-22(19)23;3*1-4-13-10(3)9(2)11-7-5-6-8-12(11)13;9*1-2;;;/h3*5-14H,3-4,15H2,1-2H3;3*5-10H,4H2,1-3H3;9*1-2H3;3*1H4/t;;;3*9-,10+;;;;;;;;;;;;/m...000............/s1. The lowest BCUT2D eigenvalue weighted by molar-refractivity contribution is 0.603. The summed E-state index contributed by atoms with van der Waals surface area (Å²) in [4.78, 5) is 7.46. The topological polar surface area (TPSA) is 9.72 Å². The molecule has 12 aromatic rings. The minimum Gasteiger partial charge on any atom is -0.368 e. The van der Waals surface area contributed by atoms with Crippen molar-refractivity contribution < 1.29 is 0 Å². The second kappa shape index (κ2) is 62.3. The Balaban J connectivity index is 0.000000754. The number of likely N-dealkylation sites (N-methyl/N-ethyl adjacent to an activating group) is 3. The molecule has 3 aliphatic carbocycles. The number of benzene rings is 12. The van der Waals surface area contributed by atoms with Gasteiger partial charge in [-0.2, -0.15) is 0 Å². The molecule has 0 saturated heterocycles. The van der Waals surface area contributed by atoms with Gasteiger partial charge < -0.3 is 14.7 Å². The van der Waals surface area contributed by atoms with Crippen LogP contribution in [0.3, 0.4) is 0 Å². The molecule has 3 heteroatoms. The minimum absolute atomic E-state index is 0. The van der Waals surface area contributed by atoms with Crippen LogP contribution in [0.2, 0.25) is 0 Å². The zero-order valence-electron chi connectivity index (χ0n) is 85.5. The van der Waals surface area contributed by atoms with Crippen LogP contribution in [0.5, 0.6) is 0 Å². The highest BCUT2D eigenvalue weighted by atomic mass is 15.2. The smallest absolute Gasteiger partial charge is 0.0404 e. The van der Waals surface area contributed by atoms with Gasteiger partial charge in [0.1, 0.15) is 0 Å². The number of aryl methyl sites for hydroxylation is 6. The van der Waals surface area contributed by atoms with Crippen LogP contribution in [0.1, 0.15) is 352 Å². The van der Waals surface area contributed by atoms with E-state index in [4.69, 9.17) is 0 Å². The van der Waals surface area contributed by atoms with Gasteiger partial charge in [0.15, 0.2) is 0 Å². The maximum atomic E-state index is 2.49. The largest absolute Gasteiger partial charge is 0.368 e. The van der Waals surface area contributed by atoms with Crippen molar-refractivity contribution in [2.45, 2.75) is 344 Å².